The first-order valence-electron chi connectivity index (χ1n) is 6.09. The van der Waals surface area contributed by atoms with Gasteiger partial charge >= 0.3 is 0 Å². The number of rotatable bonds is 7. The molecule has 0 aromatic carbocycles. The molecule has 0 bridgehead atoms. The van der Waals surface area contributed by atoms with Crippen LogP contribution in [0.1, 0.15) is 6.42 Å². The molecule has 0 N–H and O–H groups in total. The first kappa shape index (κ1) is 14.8. The lowest BCUT2D eigenvalue weighted by atomic mass is 10.1. The molecule has 1 aliphatic rings. The van der Waals surface area contributed by atoms with E-state index in [0.717, 1.165) is 26.1 Å². The largest absolute Gasteiger partial charge is 0.295 e. The molecule has 2 heteroatoms. The van der Waals surface area contributed by atoms with E-state index in [0.29, 0.717) is 0 Å². The van der Waals surface area contributed by atoms with Crippen LogP contribution in [0, 0.1) is 0 Å². The van der Waals surface area contributed by atoms with E-state index in [1.165, 1.54) is 10.5 Å². The standard InChI is InChI=1S/C16H21NS/c1-4-7-9-15(8-5-2)14-17-12-10-16(11-13-17)18-6-3/h4-10H,1-3,11-14H2/b9-7-,15-8+. The van der Waals surface area contributed by atoms with Crippen LogP contribution in [-0.4, -0.2) is 24.5 Å². The highest BCUT2D eigenvalue weighted by atomic mass is 32.2. The fourth-order valence-electron chi connectivity index (χ4n) is 1.81. The maximum absolute atomic E-state index is 3.76. The van der Waals surface area contributed by atoms with E-state index >= 15 is 0 Å². The van der Waals surface area contributed by atoms with Gasteiger partial charge in [0.2, 0.25) is 0 Å². The van der Waals surface area contributed by atoms with Crippen LogP contribution in [0.2, 0.25) is 0 Å². The predicted octanol–water partition coefficient (Wildman–Crippen LogP) is 4.31. The minimum Gasteiger partial charge on any atom is -0.295 e. The van der Waals surface area contributed by atoms with Crippen molar-refractivity contribution < 1.29 is 0 Å². The first-order chi connectivity index (χ1) is 8.80. The highest BCUT2D eigenvalue weighted by Gasteiger charge is 2.11. The highest BCUT2D eigenvalue weighted by Crippen LogP contribution is 2.23. The number of nitrogens with zero attached hydrogens (tertiary/aromatic N) is 1. The van der Waals surface area contributed by atoms with Crippen LogP contribution in [0.4, 0.5) is 0 Å². The number of hydrogen-bond donors (Lipinski definition) is 0. The Morgan fingerprint density at radius 1 is 1.33 bits per heavy atom. The average Bonchev–Trinajstić information content (AvgIpc) is 2.39. The van der Waals surface area contributed by atoms with Crippen LogP contribution < -0.4 is 0 Å². The van der Waals surface area contributed by atoms with Crippen LogP contribution in [-0.2, 0) is 0 Å². The van der Waals surface area contributed by atoms with Crippen LogP contribution in [0.25, 0.3) is 0 Å². The van der Waals surface area contributed by atoms with E-state index in [1.54, 1.807) is 17.8 Å². The van der Waals surface area contributed by atoms with Gasteiger partial charge in [-0.1, -0.05) is 56.2 Å². The summed E-state index contributed by atoms with van der Waals surface area (Å²) in [5.41, 5.74) is 1.26. The normalized spacial score (nSPS) is 17.6. The summed E-state index contributed by atoms with van der Waals surface area (Å²) in [7, 11) is 0. The Hall–Kier alpha value is -1.25. The van der Waals surface area contributed by atoms with Crippen LogP contribution in [0.3, 0.4) is 0 Å². The van der Waals surface area contributed by atoms with Crippen molar-refractivity contribution >= 4 is 11.8 Å². The van der Waals surface area contributed by atoms with E-state index in [-0.39, 0.29) is 0 Å². The second-order valence-corrected chi connectivity index (χ2v) is 5.11. The molecule has 1 rings (SSSR count). The summed E-state index contributed by atoms with van der Waals surface area (Å²) >= 11 is 1.74. The third-order valence-electron chi connectivity index (χ3n) is 2.67. The van der Waals surface area contributed by atoms with Crippen molar-refractivity contribution in [1.29, 1.82) is 0 Å². The lowest BCUT2D eigenvalue weighted by Crippen LogP contribution is -2.30. The minimum atomic E-state index is 0.957. The summed E-state index contributed by atoms with van der Waals surface area (Å²) in [6.45, 7) is 14.3. The second kappa shape index (κ2) is 8.78. The van der Waals surface area contributed by atoms with Gasteiger partial charge in [-0.05, 0) is 22.3 Å². The second-order valence-electron chi connectivity index (χ2n) is 4.01. The molecule has 1 nitrogen and oxygen atoms in total. The molecule has 0 atom stereocenters. The van der Waals surface area contributed by atoms with Crippen LogP contribution >= 0.6 is 11.8 Å². The topological polar surface area (TPSA) is 3.24 Å². The van der Waals surface area contributed by atoms with E-state index in [1.807, 2.05) is 17.6 Å². The number of allylic oxidation sites excluding steroid dienone is 4. The molecule has 0 radical (unpaired) electrons. The maximum atomic E-state index is 3.76. The van der Waals surface area contributed by atoms with E-state index < -0.39 is 0 Å². The molecule has 0 amide bonds. The van der Waals surface area contributed by atoms with Gasteiger partial charge < -0.3 is 0 Å². The van der Waals surface area contributed by atoms with Gasteiger partial charge in [0.1, 0.15) is 0 Å². The van der Waals surface area contributed by atoms with E-state index in [2.05, 4.69) is 42.9 Å². The first-order valence-corrected chi connectivity index (χ1v) is 6.97. The van der Waals surface area contributed by atoms with Gasteiger partial charge in [-0.25, -0.2) is 0 Å². The highest BCUT2D eigenvalue weighted by molar-refractivity contribution is 8.05. The molecule has 0 saturated carbocycles. The van der Waals surface area contributed by atoms with Crippen molar-refractivity contribution in [1.82, 2.24) is 4.90 Å². The lowest BCUT2D eigenvalue weighted by Gasteiger charge is -2.26. The van der Waals surface area contributed by atoms with Gasteiger partial charge in [-0.3, -0.25) is 4.90 Å². The van der Waals surface area contributed by atoms with Crippen molar-refractivity contribution in [3.8, 4) is 0 Å². The smallest absolute Gasteiger partial charge is 0.0237 e. The molecular weight excluding hydrogens is 238 g/mol. The molecule has 0 fully saturated rings. The van der Waals surface area contributed by atoms with Gasteiger partial charge in [0.15, 0.2) is 0 Å². The Bertz CT molecular complexity index is 388. The Morgan fingerprint density at radius 3 is 2.72 bits per heavy atom. The predicted molar refractivity (Wildman–Crippen MR) is 84.5 cm³/mol. The summed E-state index contributed by atoms with van der Waals surface area (Å²) < 4.78 is 0. The molecule has 1 heterocycles. The Balaban J connectivity index is 2.54. The zero-order valence-corrected chi connectivity index (χ0v) is 11.7. The quantitative estimate of drug-likeness (QED) is 0.627. The summed E-state index contributed by atoms with van der Waals surface area (Å²) in [6.07, 6.45) is 13.1. The molecule has 0 saturated heterocycles. The third-order valence-corrected chi connectivity index (χ3v) is 3.51. The van der Waals surface area contributed by atoms with Crippen molar-refractivity contribution in [2.75, 3.05) is 19.6 Å². The fraction of sp³-hybridized carbons (Fsp3) is 0.250. The van der Waals surface area contributed by atoms with Gasteiger partial charge in [-0.15, -0.1) is 11.8 Å². The number of hydrogen-bond acceptors (Lipinski definition) is 2. The minimum absolute atomic E-state index is 0.957. The van der Waals surface area contributed by atoms with Crippen LogP contribution in [0.5, 0.6) is 0 Å². The van der Waals surface area contributed by atoms with Crippen molar-refractivity contribution in [2.24, 2.45) is 0 Å². The molecule has 0 aromatic heterocycles. The zero-order valence-electron chi connectivity index (χ0n) is 10.8. The molecule has 0 spiro atoms. The molecule has 18 heavy (non-hydrogen) atoms. The van der Waals surface area contributed by atoms with Gasteiger partial charge in [0.05, 0.1) is 0 Å². The summed E-state index contributed by atoms with van der Waals surface area (Å²) in [5, 5.41) is 1.90. The van der Waals surface area contributed by atoms with Gasteiger partial charge in [0.25, 0.3) is 0 Å². The molecule has 96 valence electrons. The maximum Gasteiger partial charge on any atom is 0.0237 e. The van der Waals surface area contributed by atoms with Gasteiger partial charge in [-0.2, -0.15) is 0 Å². The Kier molecular flexibility index (Phi) is 7.23. The third kappa shape index (κ3) is 5.39. The Labute approximate surface area is 115 Å². The molecule has 0 aromatic rings. The molecule has 0 aliphatic carbocycles. The molecule has 1 aliphatic heterocycles. The van der Waals surface area contributed by atoms with Gasteiger partial charge in [0, 0.05) is 19.6 Å². The van der Waals surface area contributed by atoms with E-state index in [9.17, 15) is 0 Å². The summed E-state index contributed by atoms with van der Waals surface area (Å²) in [5.74, 6) is 0. The molecular formula is C16H21NS. The summed E-state index contributed by atoms with van der Waals surface area (Å²) in [6, 6.07) is 0. The SMILES string of the molecule is C=C/C=C\C(=C/C=C)CN1CC=C(SC=C)CC1. The molecule has 0 unspecified atom stereocenters. The fourth-order valence-corrected chi connectivity index (χ4v) is 2.41. The summed E-state index contributed by atoms with van der Waals surface area (Å²) in [4.78, 5) is 3.85. The lowest BCUT2D eigenvalue weighted by molar-refractivity contribution is 0.324. The van der Waals surface area contributed by atoms with Crippen molar-refractivity contribution in [3.05, 3.63) is 72.1 Å². The van der Waals surface area contributed by atoms with Crippen molar-refractivity contribution in [2.45, 2.75) is 6.42 Å². The zero-order chi connectivity index (χ0) is 13.2. The van der Waals surface area contributed by atoms with Crippen molar-refractivity contribution in [3.63, 3.8) is 0 Å². The Morgan fingerprint density at radius 2 is 2.17 bits per heavy atom. The average molecular weight is 259 g/mol. The monoisotopic (exact) mass is 259 g/mol. The number of thioether (sulfide) groups is 1. The van der Waals surface area contributed by atoms with Crippen LogP contribution in [0.15, 0.2) is 72.1 Å². The van der Waals surface area contributed by atoms with E-state index in [4.69, 9.17) is 0 Å².